The number of hydrogen-bond acceptors (Lipinski definition) is 7. The van der Waals surface area contributed by atoms with E-state index in [1.165, 1.54) is 24.3 Å². The first-order valence-electron chi connectivity index (χ1n) is 8.91. The molecular weight excluding hydrogens is 450 g/mol. The first-order chi connectivity index (χ1) is 14.3. The number of rotatable bonds is 10. The van der Waals surface area contributed by atoms with Crippen molar-refractivity contribution >= 4 is 32.0 Å². The molecule has 2 atom stereocenters. The van der Waals surface area contributed by atoms with Crippen molar-refractivity contribution < 1.29 is 40.6 Å². The van der Waals surface area contributed by atoms with E-state index in [1.54, 1.807) is 0 Å². The second-order valence-electron chi connectivity index (χ2n) is 6.96. The topological polar surface area (TPSA) is 189 Å². The highest BCUT2D eigenvalue weighted by molar-refractivity contribution is 7.86. The summed E-state index contributed by atoms with van der Waals surface area (Å²) in [7, 11) is -8.71. The number of aliphatic carboxylic acids is 1. The Bertz CT molecular complexity index is 1160. The average Bonchev–Trinajstić information content (AvgIpc) is 2.66. The summed E-state index contributed by atoms with van der Waals surface area (Å²) in [4.78, 5) is 23.4. The van der Waals surface area contributed by atoms with Gasteiger partial charge in [-0.2, -0.15) is 16.8 Å². The number of carbonyl (C=O) groups is 2. The number of carboxylic acid groups (broad SMARTS) is 1. The van der Waals surface area contributed by atoms with Gasteiger partial charge < -0.3 is 10.8 Å². The fraction of sp³-hybridized carbons (Fsp3) is 0.263. The van der Waals surface area contributed by atoms with Crippen LogP contribution in [0.3, 0.4) is 0 Å². The molecule has 0 saturated heterocycles. The van der Waals surface area contributed by atoms with E-state index in [9.17, 15) is 31.5 Å². The lowest BCUT2D eigenvalue weighted by Crippen LogP contribution is -2.35. The summed E-state index contributed by atoms with van der Waals surface area (Å²) < 4.78 is 62.2. The molecule has 168 valence electrons. The van der Waals surface area contributed by atoms with Crippen molar-refractivity contribution in [3.63, 3.8) is 0 Å². The van der Waals surface area contributed by atoms with Gasteiger partial charge in [-0.05, 0) is 48.2 Å². The van der Waals surface area contributed by atoms with E-state index in [0.29, 0.717) is 11.1 Å². The molecule has 0 saturated carbocycles. The standard InChI is InChI=1S/C19H21NO9S2/c20-17(10-13-3-7-16(8-4-13)31(27,28)29)18(21)11-14(19(22)23)9-12-1-5-15(6-2-12)30(24,25)26/h1-8,14,17H,9-11,20H2,(H,22,23)(H,24,25,26)(H,27,28,29). The Hall–Kier alpha value is -2.64. The third kappa shape index (κ3) is 7.22. The van der Waals surface area contributed by atoms with Crippen LogP contribution in [0.15, 0.2) is 58.3 Å². The van der Waals surface area contributed by atoms with Crippen molar-refractivity contribution in [1.82, 2.24) is 0 Å². The Labute approximate surface area is 179 Å². The smallest absolute Gasteiger partial charge is 0.307 e. The number of Topliss-reactive ketones (excluding diaryl/α,β-unsaturated/α-hetero) is 1. The van der Waals surface area contributed by atoms with Crippen molar-refractivity contribution in [3.8, 4) is 0 Å². The summed E-state index contributed by atoms with van der Waals surface area (Å²) in [6.45, 7) is 0. The molecule has 12 heteroatoms. The van der Waals surface area contributed by atoms with Crippen LogP contribution in [0.5, 0.6) is 0 Å². The van der Waals surface area contributed by atoms with Gasteiger partial charge in [0.1, 0.15) is 0 Å². The normalized spacial score (nSPS) is 14.0. The molecule has 2 aromatic carbocycles. The molecule has 0 bridgehead atoms. The number of nitrogens with two attached hydrogens (primary N) is 1. The van der Waals surface area contributed by atoms with Crippen LogP contribution in [0, 0.1) is 5.92 Å². The van der Waals surface area contributed by atoms with Crippen LogP contribution in [0.4, 0.5) is 0 Å². The summed E-state index contributed by atoms with van der Waals surface area (Å²) in [5, 5.41) is 9.44. The van der Waals surface area contributed by atoms with E-state index in [0.717, 1.165) is 24.3 Å². The molecule has 0 amide bonds. The van der Waals surface area contributed by atoms with Crippen LogP contribution in [0.25, 0.3) is 0 Å². The minimum atomic E-state index is -4.37. The lowest BCUT2D eigenvalue weighted by atomic mass is 9.91. The Morgan fingerprint density at radius 3 is 1.52 bits per heavy atom. The molecule has 0 heterocycles. The number of carbonyl (C=O) groups excluding carboxylic acids is 1. The highest BCUT2D eigenvalue weighted by Crippen LogP contribution is 2.18. The van der Waals surface area contributed by atoms with Crippen molar-refractivity contribution in [2.75, 3.05) is 0 Å². The molecule has 0 aliphatic carbocycles. The van der Waals surface area contributed by atoms with Gasteiger partial charge in [-0.25, -0.2) is 0 Å². The zero-order valence-electron chi connectivity index (χ0n) is 16.1. The quantitative estimate of drug-likeness (QED) is 0.363. The lowest BCUT2D eigenvalue weighted by Gasteiger charge is -2.16. The monoisotopic (exact) mass is 471 g/mol. The Morgan fingerprint density at radius 2 is 1.16 bits per heavy atom. The van der Waals surface area contributed by atoms with Crippen LogP contribution >= 0.6 is 0 Å². The highest BCUT2D eigenvalue weighted by Gasteiger charge is 2.25. The fourth-order valence-corrected chi connectivity index (χ4v) is 3.85. The van der Waals surface area contributed by atoms with Crippen molar-refractivity contribution in [1.29, 1.82) is 0 Å². The van der Waals surface area contributed by atoms with Gasteiger partial charge in [-0.15, -0.1) is 0 Å². The maximum Gasteiger partial charge on any atom is 0.307 e. The predicted octanol–water partition coefficient (Wildman–Crippen LogP) is 0.953. The van der Waals surface area contributed by atoms with Crippen molar-refractivity contribution in [2.24, 2.45) is 11.7 Å². The maximum atomic E-state index is 12.4. The summed E-state index contributed by atoms with van der Waals surface area (Å²) in [5.74, 6) is -2.84. The zero-order valence-corrected chi connectivity index (χ0v) is 17.7. The Morgan fingerprint density at radius 1 is 0.774 bits per heavy atom. The van der Waals surface area contributed by atoms with Crippen LogP contribution in [0.1, 0.15) is 17.5 Å². The molecule has 5 N–H and O–H groups in total. The summed E-state index contributed by atoms with van der Waals surface area (Å²) in [6, 6.07) is 9.04. The molecule has 2 rings (SSSR count). The summed E-state index contributed by atoms with van der Waals surface area (Å²) in [5.41, 5.74) is 6.87. The van der Waals surface area contributed by atoms with E-state index in [2.05, 4.69) is 0 Å². The van der Waals surface area contributed by atoms with Gasteiger partial charge in [0.2, 0.25) is 0 Å². The molecule has 0 aliphatic rings. The second-order valence-corrected chi connectivity index (χ2v) is 9.80. The van der Waals surface area contributed by atoms with E-state index in [-0.39, 0.29) is 29.1 Å². The number of carboxylic acids is 1. The molecule has 31 heavy (non-hydrogen) atoms. The van der Waals surface area contributed by atoms with Gasteiger partial charge in [0.15, 0.2) is 5.78 Å². The summed E-state index contributed by atoms with van der Waals surface area (Å²) >= 11 is 0. The van der Waals surface area contributed by atoms with Crippen LogP contribution in [-0.2, 0) is 42.7 Å². The molecule has 10 nitrogen and oxygen atoms in total. The van der Waals surface area contributed by atoms with Gasteiger partial charge in [0.25, 0.3) is 20.2 Å². The van der Waals surface area contributed by atoms with Gasteiger partial charge in [0, 0.05) is 6.42 Å². The third-order valence-corrected chi connectivity index (χ3v) is 6.33. The van der Waals surface area contributed by atoms with E-state index >= 15 is 0 Å². The third-order valence-electron chi connectivity index (χ3n) is 4.59. The number of hydrogen-bond donors (Lipinski definition) is 4. The molecule has 0 fully saturated rings. The molecular formula is C19H21NO9S2. The van der Waals surface area contributed by atoms with Gasteiger partial charge in [-0.3, -0.25) is 18.7 Å². The van der Waals surface area contributed by atoms with Gasteiger partial charge in [-0.1, -0.05) is 24.3 Å². The first-order valence-corrected chi connectivity index (χ1v) is 11.8. The van der Waals surface area contributed by atoms with Crippen molar-refractivity contribution in [3.05, 3.63) is 59.7 Å². The maximum absolute atomic E-state index is 12.4. The summed E-state index contributed by atoms with van der Waals surface area (Å²) in [6.07, 6.45) is -0.373. The van der Waals surface area contributed by atoms with Crippen molar-refractivity contribution in [2.45, 2.75) is 35.1 Å². The lowest BCUT2D eigenvalue weighted by molar-refractivity contribution is -0.143. The Kier molecular flexibility index (Phi) is 7.68. The van der Waals surface area contributed by atoms with E-state index in [1.807, 2.05) is 0 Å². The Balaban J connectivity index is 2.03. The molecule has 0 spiro atoms. The number of ketones is 1. The van der Waals surface area contributed by atoms with Gasteiger partial charge >= 0.3 is 5.97 Å². The molecule has 0 aromatic heterocycles. The van der Waals surface area contributed by atoms with Crippen LogP contribution < -0.4 is 5.73 Å². The fourth-order valence-electron chi connectivity index (χ4n) is 2.89. The minimum absolute atomic E-state index is 0.0417. The first kappa shape index (κ1) is 24.6. The van der Waals surface area contributed by atoms with Crippen LogP contribution in [-0.4, -0.2) is 48.8 Å². The molecule has 0 radical (unpaired) electrons. The minimum Gasteiger partial charge on any atom is -0.481 e. The van der Waals surface area contributed by atoms with E-state index < -0.39 is 43.9 Å². The van der Waals surface area contributed by atoms with E-state index in [4.69, 9.17) is 14.8 Å². The largest absolute Gasteiger partial charge is 0.481 e. The average molecular weight is 472 g/mol. The molecule has 2 aromatic rings. The highest BCUT2D eigenvalue weighted by atomic mass is 32.2. The van der Waals surface area contributed by atoms with Gasteiger partial charge in [0.05, 0.1) is 21.8 Å². The predicted molar refractivity (Wildman–Crippen MR) is 109 cm³/mol. The second kappa shape index (κ2) is 9.66. The molecule has 0 aliphatic heterocycles. The number of benzene rings is 2. The SMILES string of the molecule is NC(Cc1ccc(S(=O)(=O)O)cc1)C(=O)CC(Cc1ccc(S(=O)(=O)O)cc1)C(=O)O. The zero-order chi connectivity index (χ0) is 23.4. The van der Waals surface area contributed by atoms with Crippen LogP contribution in [0.2, 0.25) is 0 Å². The molecule has 2 unspecified atom stereocenters.